The van der Waals surface area contributed by atoms with Gasteiger partial charge in [-0.2, -0.15) is 0 Å². The molecule has 0 aromatic heterocycles. The topological polar surface area (TPSA) is 12.5 Å². The number of ether oxygens (including phenoxy) is 1. The molecule has 0 radical (unpaired) electrons. The molecular formula is C12H14O. The fraction of sp³-hybridized carbons (Fsp3) is 0.500. The van der Waals surface area contributed by atoms with Gasteiger partial charge in [-0.1, -0.05) is 24.3 Å². The zero-order valence-corrected chi connectivity index (χ0v) is 7.75. The van der Waals surface area contributed by atoms with E-state index in [0.29, 0.717) is 0 Å². The van der Waals surface area contributed by atoms with Crippen LogP contribution in [0.2, 0.25) is 0 Å². The first kappa shape index (κ1) is 7.57. The van der Waals surface area contributed by atoms with E-state index in [9.17, 15) is 0 Å². The van der Waals surface area contributed by atoms with Crippen LogP contribution < -0.4 is 0 Å². The largest absolute Gasteiger partial charge is 0.364 e. The fourth-order valence-electron chi connectivity index (χ4n) is 2.43. The Morgan fingerprint density at radius 1 is 1.15 bits per heavy atom. The van der Waals surface area contributed by atoms with Gasteiger partial charge in [-0.05, 0) is 36.8 Å². The van der Waals surface area contributed by atoms with E-state index in [0.717, 1.165) is 6.61 Å². The summed E-state index contributed by atoms with van der Waals surface area (Å²) in [5.74, 6) is 0. The molecule has 1 spiro atoms. The van der Waals surface area contributed by atoms with Gasteiger partial charge in [-0.3, -0.25) is 0 Å². The summed E-state index contributed by atoms with van der Waals surface area (Å²) >= 11 is 0. The monoisotopic (exact) mass is 174 g/mol. The molecule has 1 nitrogen and oxygen atoms in total. The van der Waals surface area contributed by atoms with Crippen molar-refractivity contribution in [2.24, 2.45) is 0 Å². The van der Waals surface area contributed by atoms with Crippen molar-refractivity contribution >= 4 is 0 Å². The predicted molar refractivity (Wildman–Crippen MR) is 51.6 cm³/mol. The lowest BCUT2D eigenvalue weighted by Gasteiger charge is -2.11. The van der Waals surface area contributed by atoms with Crippen LogP contribution >= 0.6 is 0 Å². The van der Waals surface area contributed by atoms with Crippen LogP contribution in [-0.4, -0.2) is 6.61 Å². The van der Waals surface area contributed by atoms with Crippen molar-refractivity contribution in [1.82, 2.24) is 0 Å². The van der Waals surface area contributed by atoms with Crippen molar-refractivity contribution in [1.29, 1.82) is 0 Å². The molecule has 68 valence electrons. The van der Waals surface area contributed by atoms with Crippen LogP contribution in [-0.2, 0) is 16.8 Å². The Morgan fingerprint density at radius 2 is 2.00 bits per heavy atom. The summed E-state index contributed by atoms with van der Waals surface area (Å²) in [4.78, 5) is 0. The van der Waals surface area contributed by atoms with Crippen molar-refractivity contribution in [3.63, 3.8) is 0 Å². The molecule has 1 heterocycles. The van der Waals surface area contributed by atoms with Crippen LogP contribution in [0.15, 0.2) is 24.3 Å². The highest BCUT2D eigenvalue weighted by atomic mass is 16.6. The van der Waals surface area contributed by atoms with E-state index < -0.39 is 0 Å². The molecule has 1 heteroatoms. The van der Waals surface area contributed by atoms with Gasteiger partial charge in [0.2, 0.25) is 0 Å². The van der Waals surface area contributed by atoms with Gasteiger partial charge in [0.1, 0.15) is 5.60 Å². The highest BCUT2D eigenvalue weighted by molar-refractivity contribution is 5.36. The van der Waals surface area contributed by atoms with E-state index in [1.807, 2.05) is 0 Å². The van der Waals surface area contributed by atoms with Crippen molar-refractivity contribution in [3.05, 3.63) is 35.4 Å². The molecule has 2 aliphatic rings. The number of fused-ring (bicyclic) bond motifs is 2. The number of hydrogen-bond acceptors (Lipinski definition) is 1. The molecule has 1 aromatic rings. The van der Waals surface area contributed by atoms with Crippen LogP contribution in [0.25, 0.3) is 0 Å². The Balaban J connectivity index is 2.11. The molecule has 3 rings (SSSR count). The average Bonchev–Trinajstić information content (AvgIpc) is 2.96. The lowest BCUT2D eigenvalue weighted by Crippen LogP contribution is -2.08. The molecule has 1 unspecified atom stereocenters. The number of aryl methyl sites for hydroxylation is 1. The Kier molecular flexibility index (Phi) is 1.50. The first-order valence-corrected chi connectivity index (χ1v) is 5.13. The first-order chi connectivity index (χ1) is 6.41. The minimum atomic E-state index is 0.146. The second-order valence-corrected chi connectivity index (χ2v) is 4.15. The van der Waals surface area contributed by atoms with Gasteiger partial charge in [-0.15, -0.1) is 0 Å². The molecule has 0 saturated carbocycles. The Hall–Kier alpha value is -0.820. The highest BCUT2D eigenvalue weighted by Gasteiger charge is 2.47. The number of benzene rings is 1. The molecule has 1 aliphatic heterocycles. The number of epoxide rings is 1. The summed E-state index contributed by atoms with van der Waals surface area (Å²) < 4.78 is 5.64. The van der Waals surface area contributed by atoms with Crippen LogP contribution in [0.1, 0.15) is 30.4 Å². The summed E-state index contributed by atoms with van der Waals surface area (Å²) in [6.45, 7) is 0.948. The second kappa shape index (κ2) is 2.58. The molecule has 1 saturated heterocycles. The molecule has 0 bridgehead atoms. The van der Waals surface area contributed by atoms with Gasteiger partial charge in [0.05, 0.1) is 6.61 Å². The van der Waals surface area contributed by atoms with E-state index in [1.165, 1.54) is 36.8 Å². The lowest BCUT2D eigenvalue weighted by molar-refractivity contribution is 0.291. The van der Waals surface area contributed by atoms with Crippen LogP contribution in [0.4, 0.5) is 0 Å². The molecule has 1 atom stereocenters. The molecular weight excluding hydrogens is 160 g/mol. The predicted octanol–water partition coefficient (Wildman–Crippen LogP) is 2.64. The maximum absolute atomic E-state index is 5.64. The molecule has 1 fully saturated rings. The standard InChI is InChI=1S/C12H14O/c1-2-7-11-10(5-1)6-3-4-8-12(11)9-13-12/h1-2,5,7H,3-4,6,8-9H2. The second-order valence-electron chi connectivity index (χ2n) is 4.15. The van der Waals surface area contributed by atoms with E-state index >= 15 is 0 Å². The van der Waals surface area contributed by atoms with Gasteiger partial charge in [-0.25, -0.2) is 0 Å². The minimum Gasteiger partial charge on any atom is -0.364 e. The summed E-state index contributed by atoms with van der Waals surface area (Å²) in [5, 5.41) is 0. The maximum Gasteiger partial charge on any atom is 0.117 e. The van der Waals surface area contributed by atoms with E-state index in [4.69, 9.17) is 4.74 Å². The van der Waals surface area contributed by atoms with E-state index in [-0.39, 0.29) is 5.60 Å². The summed E-state index contributed by atoms with van der Waals surface area (Å²) in [7, 11) is 0. The van der Waals surface area contributed by atoms with Gasteiger partial charge >= 0.3 is 0 Å². The van der Waals surface area contributed by atoms with Gasteiger partial charge in [0.25, 0.3) is 0 Å². The SMILES string of the molecule is c1ccc2c(c1)CCCCC21CO1. The maximum atomic E-state index is 5.64. The Morgan fingerprint density at radius 3 is 2.85 bits per heavy atom. The summed E-state index contributed by atoms with van der Waals surface area (Å²) in [6, 6.07) is 8.77. The number of hydrogen-bond donors (Lipinski definition) is 0. The van der Waals surface area contributed by atoms with Gasteiger partial charge in [0.15, 0.2) is 0 Å². The van der Waals surface area contributed by atoms with E-state index in [2.05, 4.69) is 24.3 Å². The summed E-state index contributed by atoms with van der Waals surface area (Å²) in [5.41, 5.74) is 3.12. The van der Waals surface area contributed by atoms with Crippen LogP contribution in [0, 0.1) is 0 Å². The van der Waals surface area contributed by atoms with Gasteiger partial charge < -0.3 is 4.74 Å². The molecule has 0 amide bonds. The number of rotatable bonds is 0. The Bertz CT molecular complexity index is 326. The molecule has 1 aromatic carbocycles. The van der Waals surface area contributed by atoms with Gasteiger partial charge in [0, 0.05) is 0 Å². The average molecular weight is 174 g/mol. The third-order valence-electron chi connectivity index (χ3n) is 3.28. The lowest BCUT2D eigenvalue weighted by atomic mass is 9.93. The molecule has 0 N–H and O–H groups in total. The zero-order chi connectivity index (χ0) is 8.73. The zero-order valence-electron chi connectivity index (χ0n) is 7.75. The van der Waals surface area contributed by atoms with Crippen LogP contribution in [0.3, 0.4) is 0 Å². The molecule has 1 aliphatic carbocycles. The Labute approximate surface area is 78.7 Å². The quantitative estimate of drug-likeness (QED) is 0.551. The van der Waals surface area contributed by atoms with E-state index in [1.54, 1.807) is 0 Å². The van der Waals surface area contributed by atoms with Crippen LogP contribution in [0.5, 0.6) is 0 Å². The molecule has 13 heavy (non-hydrogen) atoms. The summed E-state index contributed by atoms with van der Waals surface area (Å²) in [6.07, 6.45) is 5.10. The van der Waals surface area contributed by atoms with Crippen molar-refractivity contribution < 1.29 is 4.74 Å². The van der Waals surface area contributed by atoms with Crippen molar-refractivity contribution in [3.8, 4) is 0 Å². The minimum absolute atomic E-state index is 0.146. The smallest absolute Gasteiger partial charge is 0.117 e. The normalized spacial score (nSPS) is 31.1. The van der Waals surface area contributed by atoms with Crippen molar-refractivity contribution in [2.45, 2.75) is 31.3 Å². The third-order valence-corrected chi connectivity index (χ3v) is 3.28. The first-order valence-electron chi connectivity index (χ1n) is 5.13. The fourth-order valence-corrected chi connectivity index (χ4v) is 2.43. The third kappa shape index (κ3) is 1.11. The highest BCUT2D eigenvalue weighted by Crippen LogP contribution is 2.46. The van der Waals surface area contributed by atoms with Crippen molar-refractivity contribution in [2.75, 3.05) is 6.61 Å².